The molecule has 1 saturated carbocycles. The third kappa shape index (κ3) is 4.57. The predicted molar refractivity (Wildman–Crippen MR) is 140 cm³/mol. The molecule has 3 aromatic rings. The fourth-order valence-corrected chi connectivity index (χ4v) is 6.84. The Balaban J connectivity index is 1.15. The number of hydrogen-bond acceptors (Lipinski definition) is 7. The van der Waals surface area contributed by atoms with E-state index in [-0.39, 0.29) is 17.4 Å². The number of rotatable bonds is 5. The summed E-state index contributed by atoms with van der Waals surface area (Å²) in [5.74, 6) is -0.396. The van der Waals surface area contributed by atoms with Gasteiger partial charge in [-0.05, 0) is 61.1 Å². The topological polar surface area (TPSA) is 106 Å². The van der Waals surface area contributed by atoms with Crippen molar-refractivity contribution in [3.05, 3.63) is 60.3 Å². The molecule has 1 aliphatic carbocycles. The first kappa shape index (κ1) is 25.0. The van der Waals surface area contributed by atoms with Gasteiger partial charge in [-0.1, -0.05) is 24.3 Å². The van der Waals surface area contributed by atoms with Crippen LogP contribution < -0.4 is 0 Å². The average Bonchev–Trinajstić information content (AvgIpc) is 3.79. The highest BCUT2D eigenvalue weighted by molar-refractivity contribution is 7.89. The zero-order valence-corrected chi connectivity index (χ0v) is 21.9. The molecule has 2 aliphatic heterocycles. The second-order valence-electron chi connectivity index (χ2n) is 10.3. The molecule has 3 heterocycles. The maximum atomic E-state index is 13.4. The zero-order valence-electron chi connectivity index (χ0n) is 21.1. The highest BCUT2D eigenvalue weighted by Gasteiger charge is 2.47. The maximum absolute atomic E-state index is 13.4. The molecule has 0 N–H and O–H groups in total. The van der Waals surface area contributed by atoms with Crippen LogP contribution in [0.3, 0.4) is 0 Å². The molecule has 1 spiro atoms. The summed E-state index contributed by atoms with van der Waals surface area (Å²) < 4.78 is 39.1. The number of nitrogens with zero attached hydrogens (tertiary/aromatic N) is 3. The smallest absolute Gasteiger partial charge is 0.339 e. The van der Waals surface area contributed by atoms with Gasteiger partial charge in [0.05, 0.1) is 35.2 Å². The number of carbonyl (C=O) groups excluding carboxylic acids is 2. The number of pyridine rings is 1. The first-order chi connectivity index (χ1) is 18.3. The van der Waals surface area contributed by atoms with E-state index in [1.807, 2.05) is 23.1 Å². The second-order valence-corrected chi connectivity index (χ2v) is 12.2. The Kier molecular flexibility index (Phi) is 6.20. The molecular weight excluding hydrogens is 506 g/mol. The van der Waals surface area contributed by atoms with E-state index in [4.69, 9.17) is 9.47 Å². The lowest BCUT2D eigenvalue weighted by Crippen LogP contribution is -2.59. The molecule has 1 amide bonds. The fourth-order valence-electron chi connectivity index (χ4n) is 5.40. The molecule has 198 valence electrons. The lowest BCUT2D eigenvalue weighted by atomic mass is 9.90. The lowest BCUT2D eigenvalue weighted by molar-refractivity contribution is -0.170. The Labute approximate surface area is 221 Å². The monoisotopic (exact) mass is 535 g/mol. The number of carbonyl (C=O) groups is 2. The minimum absolute atomic E-state index is 0.0430. The van der Waals surface area contributed by atoms with E-state index in [2.05, 4.69) is 4.98 Å². The minimum atomic E-state index is -3.65. The van der Waals surface area contributed by atoms with Gasteiger partial charge >= 0.3 is 5.97 Å². The number of amides is 1. The van der Waals surface area contributed by atoms with Crippen LogP contribution in [0.5, 0.6) is 0 Å². The molecule has 3 aliphatic rings. The van der Waals surface area contributed by atoms with Crippen LogP contribution >= 0.6 is 0 Å². The molecule has 0 bridgehead atoms. The van der Waals surface area contributed by atoms with Crippen LogP contribution in [0.1, 0.15) is 36.0 Å². The number of sulfonamides is 1. The molecule has 2 saturated heterocycles. The molecule has 0 radical (unpaired) electrons. The summed E-state index contributed by atoms with van der Waals surface area (Å²) in [5.41, 5.74) is 2.41. The molecule has 0 atom stereocenters. The minimum Gasteiger partial charge on any atom is -0.465 e. The summed E-state index contributed by atoms with van der Waals surface area (Å²) in [6, 6.07) is 14.6. The third-order valence-electron chi connectivity index (χ3n) is 7.83. The van der Waals surface area contributed by atoms with Gasteiger partial charge in [-0.3, -0.25) is 9.78 Å². The highest BCUT2D eigenvalue weighted by atomic mass is 32.2. The van der Waals surface area contributed by atoms with Gasteiger partial charge in [-0.25, -0.2) is 13.2 Å². The standard InChI is InChI=1S/C28H29N3O6S/c1-36-27(33)22-14-21-3-2-20(15-25(21)29-16-22)19-4-8-24(9-5-19)38(34,35)30-12-10-28(11-13-30)18-31(23-6-7-23)26(32)17-37-28/h2-5,8-9,14-16,23H,6-7,10-13,17-18H2,1H3. The van der Waals surface area contributed by atoms with Crippen LogP contribution in [-0.2, 0) is 24.3 Å². The first-order valence-electron chi connectivity index (χ1n) is 12.8. The maximum Gasteiger partial charge on any atom is 0.339 e. The summed E-state index contributed by atoms with van der Waals surface area (Å²) >= 11 is 0. The number of esters is 1. The number of ether oxygens (including phenoxy) is 2. The summed E-state index contributed by atoms with van der Waals surface area (Å²) in [5, 5.41) is 0.810. The van der Waals surface area contributed by atoms with Gasteiger partial charge in [0.25, 0.3) is 0 Å². The Morgan fingerprint density at radius 1 is 1.05 bits per heavy atom. The predicted octanol–water partition coefficient (Wildman–Crippen LogP) is 3.23. The average molecular weight is 536 g/mol. The van der Waals surface area contributed by atoms with Crippen molar-refractivity contribution in [1.82, 2.24) is 14.2 Å². The van der Waals surface area contributed by atoms with Crippen LogP contribution in [0, 0.1) is 0 Å². The van der Waals surface area contributed by atoms with Gasteiger partial charge in [0.1, 0.15) is 6.61 Å². The summed E-state index contributed by atoms with van der Waals surface area (Å²) in [7, 11) is -2.32. The van der Waals surface area contributed by atoms with Crippen LogP contribution in [0.2, 0.25) is 0 Å². The van der Waals surface area contributed by atoms with Crippen LogP contribution in [0.4, 0.5) is 0 Å². The largest absolute Gasteiger partial charge is 0.465 e. The van der Waals surface area contributed by atoms with Gasteiger partial charge < -0.3 is 14.4 Å². The van der Waals surface area contributed by atoms with Crippen molar-refractivity contribution in [1.29, 1.82) is 0 Å². The molecule has 0 unspecified atom stereocenters. The Morgan fingerprint density at radius 2 is 1.76 bits per heavy atom. The van der Waals surface area contributed by atoms with E-state index in [9.17, 15) is 18.0 Å². The number of aromatic nitrogens is 1. The van der Waals surface area contributed by atoms with E-state index in [1.54, 1.807) is 30.3 Å². The molecule has 6 rings (SSSR count). The normalized spacial score (nSPS) is 20.1. The molecule has 38 heavy (non-hydrogen) atoms. The van der Waals surface area contributed by atoms with Crippen molar-refractivity contribution in [3.63, 3.8) is 0 Å². The highest BCUT2D eigenvalue weighted by Crippen LogP contribution is 2.37. The molecule has 2 aromatic carbocycles. The van der Waals surface area contributed by atoms with E-state index in [1.165, 1.54) is 17.6 Å². The fraction of sp³-hybridized carbons (Fsp3) is 0.393. The number of methoxy groups -OCH3 is 1. The summed E-state index contributed by atoms with van der Waals surface area (Å²) in [6.45, 7) is 1.37. The van der Waals surface area contributed by atoms with E-state index in [0.717, 1.165) is 34.9 Å². The Morgan fingerprint density at radius 3 is 2.45 bits per heavy atom. The quantitative estimate of drug-likeness (QED) is 0.462. The number of morpholine rings is 1. The van der Waals surface area contributed by atoms with E-state index in [0.29, 0.717) is 44.1 Å². The van der Waals surface area contributed by atoms with Crippen molar-refractivity contribution in [2.24, 2.45) is 0 Å². The van der Waals surface area contributed by atoms with Crippen molar-refractivity contribution in [3.8, 4) is 11.1 Å². The molecule has 1 aromatic heterocycles. The molecular formula is C28H29N3O6S. The third-order valence-corrected chi connectivity index (χ3v) is 9.75. The number of piperidine rings is 1. The summed E-state index contributed by atoms with van der Waals surface area (Å²) in [4.78, 5) is 30.6. The van der Waals surface area contributed by atoms with Crippen LogP contribution in [-0.4, -0.2) is 79.5 Å². The molecule has 10 heteroatoms. The van der Waals surface area contributed by atoms with Gasteiger partial charge in [0.15, 0.2) is 0 Å². The van der Waals surface area contributed by atoms with Gasteiger partial charge in [0.2, 0.25) is 15.9 Å². The summed E-state index contributed by atoms with van der Waals surface area (Å²) in [6.07, 6.45) is 4.72. The van der Waals surface area contributed by atoms with Crippen molar-refractivity contribution in [2.45, 2.75) is 42.2 Å². The van der Waals surface area contributed by atoms with E-state index >= 15 is 0 Å². The first-order valence-corrected chi connectivity index (χ1v) is 14.2. The van der Waals surface area contributed by atoms with Crippen LogP contribution in [0.25, 0.3) is 22.0 Å². The van der Waals surface area contributed by atoms with E-state index < -0.39 is 21.6 Å². The number of fused-ring (bicyclic) bond motifs is 1. The Hall–Kier alpha value is -3.34. The Bertz CT molecular complexity index is 1510. The van der Waals surface area contributed by atoms with Gasteiger partial charge in [-0.15, -0.1) is 0 Å². The van der Waals surface area contributed by atoms with Crippen molar-refractivity contribution >= 4 is 32.8 Å². The second kappa shape index (κ2) is 9.44. The zero-order chi connectivity index (χ0) is 26.5. The molecule has 9 nitrogen and oxygen atoms in total. The lowest BCUT2D eigenvalue weighted by Gasteiger charge is -2.46. The molecule has 3 fully saturated rings. The SMILES string of the molecule is COC(=O)c1cnc2cc(-c3ccc(S(=O)(=O)N4CCC5(CC4)CN(C4CC4)C(=O)CO5)cc3)ccc2c1. The number of benzene rings is 2. The van der Waals surface area contributed by atoms with Gasteiger partial charge in [-0.2, -0.15) is 4.31 Å². The number of hydrogen-bond donors (Lipinski definition) is 0. The van der Waals surface area contributed by atoms with Crippen molar-refractivity contribution in [2.75, 3.05) is 33.4 Å². The van der Waals surface area contributed by atoms with Crippen molar-refractivity contribution < 1.29 is 27.5 Å². The van der Waals surface area contributed by atoms with Crippen LogP contribution in [0.15, 0.2) is 59.6 Å². The van der Waals surface area contributed by atoms with Gasteiger partial charge in [0, 0.05) is 30.7 Å².